The van der Waals surface area contributed by atoms with Crippen LogP contribution in [0.1, 0.15) is 0 Å². The molecule has 0 unspecified atom stereocenters. The van der Waals surface area contributed by atoms with Crippen LogP contribution in [-0.4, -0.2) is 10.7 Å². The zero-order valence-corrected chi connectivity index (χ0v) is 7.52. The fraction of sp³-hybridized carbons (Fsp3) is 0.125. The van der Waals surface area contributed by atoms with E-state index in [0.717, 1.165) is 11.5 Å². The third kappa shape index (κ3) is 1.79. The van der Waals surface area contributed by atoms with Gasteiger partial charge >= 0.3 is 6.36 Å². The van der Waals surface area contributed by atoms with Gasteiger partial charge in [0.05, 0.1) is 16.3 Å². The predicted octanol–water partition coefficient (Wildman–Crippen LogP) is 3.19. The Morgan fingerprint density at radius 1 is 1.29 bits per heavy atom. The number of ether oxygens (including phenoxy) is 1. The maximum atomic E-state index is 11.9. The number of hydrogen-bond donors (Lipinski definition) is 0. The Labute approximate surface area is 81.1 Å². The summed E-state index contributed by atoms with van der Waals surface area (Å²) in [6.45, 7) is 0. The average Bonchev–Trinajstić information content (AvgIpc) is 2.49. The second kappa shape index (κ2) is 3.13. The number of nitrogens with zero attached hydrogens (tertiary/aromatic N) is 1. The van der Waals surface area contributed by atoms with E-state index in [4.69, 9.17) is 0 Å². The number of hydrogen-bond acceptors (Lipinski definition) is 3. The van der Waals surface area contributed by atoms with Gasteiger partial charge in [-0.15, -0.1) is 13.2 Å². The fourth-order valence-electron chi connectivity index (χ4n) is 1.08. The molecular formula is C8H4F3NOS. The van der Waals surface area contributed by atoms with Crippen molar-refractivity contribution in [1.82, 2.24) is 4.37 Å². The van der Waals surface area contributed by atoms with Crippen molar-refractivity contribution in [2.24, 2.45) is 0 Å². The topological polar surface area (TPSA) is 22.1 Å². The summed E-state index contributed by atoms with van der Waals surface area (Å²) in [5.74, 6) is -0.205. The first kappa shape index (κ1) is 9.26. The molecule has 0 bridgehead atoms. The summed E-state index contributed by atoms with van der Waals surface area (Å²) in [6, 6.07) is 4.46. The van der Waals surface area contributed by atoms with Crippen LogP contribution < -0.4 is 4.74 Å². The second-order valence-electron chi connectivity index (χ2n) is 2.54. The summed E-state index contributed by atoms with van der Waals surface area (Å²) < 4.78 is 44.1. The molecule has 1 heterocycles. The Bertz CT molecular complexity index is 451. The minimum Gasteiger partial charge on any atom is -0.405 e. The van der Waals surface area contributed by atoms with Gasteiger partial charge in [-0.3, -0.25) is 0 Å². The van der Waals surface area contributed by atoms with Crippen LogP contribution in [0.2, 0.25) is 0 Å². The molecule has 14 heavy (non-hydrogen) atoms. The van der Waals surface area contributed by atoms with Gasteiger partial charge in [0, 0.05) is 0 Å². The van der Waals surface area contributed by atoms with Crippen molar-refractivity contribution in [2.75, 3.05) is 0 Å². The monoisotopic (exact) mass is 219 g/mol. The van der Waals surface area contributed by atoms with Crippen LogP contribution in [0.25, 0.3) is 10.1 Å². The number of alkyl halides is 3. The largest absolute Gasteiger partial charge is 0.573 e. The molecule has 0 saturated carbocycles. The fourth-order valence-corrected chi connectivity index (χ4v) is 1.74. The van der Waals surface area contributed by atoms with Gasteiger partial charge in [-0.2, -0.15) is 4.37 Å². The van der Waals surface area contributed by atoms with Crippen molar-refractivity contribution in [2.45, 2.75) is 6.36 Å². The van der Waals surface area contributed by atoms with Crippen molar-refractivity contribution in [3.8, 4) is 5.75 Å². The zero-order valence-electron chi connectivity index (χ0n) is 6.71. The lowest BCUT2D eigenvalue weighted by Gasteiger charge is -2.08. The standard InChI is InChI=1S/C8H4F3NOS/c9-8(10,11)13-6-2-1-3-7-5(6)4-12-14-7/h1-4H. The Balaban J connectivity index is 2.46. The number of aromatic nitrogens is 1. The van der Waals surface area contributed by atoms with Crippen LogP contribution >= 0.6 is 11.5 Å². The van der Waals surface area contributed by atoms with Crippen LogP contribution in [0.5, 0.6) is 5.75 Å². The molecule has 0 spiro atoms. The van der Waals surface area contributed by atoms with E-state index in [1.165, 1.54) is 18.3 Å². The Morgan fingerprint density at radius 2 is 2.07 bits per heavy atom. The van der Waals surface area contributed by atoms with Gasteiger partial charge in [0.1, 0.15) is 5.75 Å². The maximum Gasteiger partial charge on any atom is 0.573 e. The van der Waals surface area contributed by atoms with Gasteiger partial charge < -0.3 is 4.74 Å². The van der Waals surface area contributed by atoms with Gasteiger partial charge in [-0.1, -0.05) is 6.07 Å². The molecule has 1 aromatic heterocycles. The second-order valence-corrected chi connectivity index (χ2v) is 3.37. The van der Waals surface area contributed by atoms with Crippen molar-refractivity contribution in [3.63, 3.8) is 0 Å². The predicted molar refractivity (Wildman–Crippen MR) is 46.3 cm³/mol. The first-order valence-electron chi connectivity index (χ1n) is 3.65. The van der Waals surface area contributed by atoms with Crippen LogP contribution in [0.3, 0.4) is 0 Å². The first-order valence-corrected chi connectivity index (χ1v) is 4.43. The molecule has 0 amide bonds. The maximum absolute atomic E-state index is 11.9. The van der Waals surface area contributed by atoms with E-state index in [1.807, 2.05) is 0 Å². The van der Waals surface area contributed by atoms with E-state index in [0.29, 0.717) is 10.1 Å². The van der Waals surface area contributed by atoms with E-state index < -0.39 is 6.36 Å². The molecule has 0 N–H and O–H groups in total. The Kier molecular flexibility index (Phi) is 2.07. The summed E-state index contributed by atoms with van der Waals surface area (Å²) in [5, 5.41) is 0.384. The Hall–Kier alpha value is -1.30. The van der Waals surface area contributed by atoms with E-state index in [1.54, 1.807) is 6.07 Å². The van der Waals surface area contributed by atoms with Crippen molar-refractivity contribution >= 4 is 21.6 Å². The molecule has 1 aromatic carbocycles. The third-order valence-corrected chi connectivity index (χ3v) is 2.35. The van der Waals surface area contributed by atoms with Crippen LogP contribution in [0.4, 0.5) is 13.2 Å². The normalized spacial score (nSPS) is 11.9. The van der Waals surface area contributed by atoms with Gasteiger partial charge in [0.2, 0.25) is 0 Å². The first-order chi connectivity index (χ1) is 6.56. The molecule has 2 rings (SSSR count). The number of fused-ring (bicyclic) bond motifs is 1. The third-order valence-electron chi connectivity index (χ3n) is 1.58. The number of benzene rings is 1. The summed E-state index contributed by atoms with van der Waals surface area (Å²) in [7, 11) is 0. The molecule has 2 nitrogen and oxygen atoms in total. The van der Waals surface area contributed by atoms with Crippen molar-refractivity contribution < 1.29 is 17.9 Å². The molecule has 74 valence electrons. The summed E-state index contributed by atoms with van der Waals surface area (Å²) in [5.41, 5.74) is 0. The lowest BCUT2D eigenvalue weighted by Crippen LogP contribution is -2.17. The van der Waals surface area contributed by atoms with Gasteiger partial charge in [0.15, 0.2) is 0 Å². The molecule has 6 heteroatoms. The molecule has 0 radical (unpaired) electrons. The van der Waals surface area contributed by atoms with Crippen LogP contribution in [0, 0.1) is 0 Å². The van der Waals surface area contributed by atoms with Crippen LogP contribution in [0.15, 0.2) is 24.4 Å². The molecule has 0 aliphatic carbocycles. The highest BCUT2D eigenvalue weighted by Gasteiger charge is 2.31. The molecular weight excluding hydrogens is 215 g/mol. The average molecular weight is 219 g/mol. The quantitative estimate of drug-likeness (QED) is 0.734. The lowest BCUT2D eigenvalue weighted by atomic mass is 10.2. The van der Waals surface area contributed by atoms with Crippen LogP contribution in [-0.2, 0) is 0 Å². The van der Waals surface area contributed by atoms with Crippen molar-refractivity contribution in [3.05, 3.63) is 24.4 Å². The number of rotatable bonds is 1. The minimum atomic E-state index is -4.66. The van der Waals surface area contributed by atoms with E-state index in [2.05, 4.69) is 9.11 Å². The van der Waals surface area contributed by atoms with Gasteiger partial charge in [-0.25, -0.2) is 0 Å². The lowest BCUT2D eigenvalue weighted by molar-refractivity contribution is -0.274. The molecule has 0 aliphatic rings. The highest BCUT2D eigenvalue weighted by molar-refractivity contribution is 7.13. The molecule has 0 aliphatic heterocycles. The zero-order chi connectivity index (χ0) is 10.2. The van der Waals surface area contributed by atoms with E-state index in [9.17, 15) is 13.2 Å². The molecule has 0 fully saturated rings. The smallest absolute Gasteiger partial charge is 0.405 e. The SMILES string of the molecule is FC(F)(F)Oc1cccc2sncc12. The van der Waals surface area contributed by atoms with Gasteiger partial charge in [0.25, 0.3) is 0 Å². The molecule has 0 saturated heterocycles. The number of halogens is 3. The highest BCUT2D eigenvalue weighted by atomic mass is 32.1. The molecule has 2 aromatic rings. The van der Waals surface area contributed by atoms with E-state index >= 15 is 0 Å². The minimum absolute atomic E-state index is 0.205. The highest BCUT2D eigenvalue weighted by Crippen LogP contribution is 2.31. The summed E-state index contributed by atoms with van der Waals surface area (Å²) in [6.07, 6.45) is -3.29. The summed E-state index contributed by atoms with van der Waals surface area (Å²) in [4.78, 5) is 0. The molecule has 0 atom stereocenters. The van der Waals surface area contributed by atoms with Gasteiger partial charge in [-0.05, 0) is 23.7 Å². The summed E-state index contributed by atoms with van der Waals surface area (Å²) >= 11 is 1.13. The Morgan fingerprint density at radius 3 is 2.79 bits per heavy atom. The van der Waals surface area contributed by atoms with E-state index in [-0.39, 0.29) is 5.75 Å². The van der Waals surface area contributed by atoms with Crippen molar-refractivity contribution in [1.29, 1.82) is 0 Å².